The lowest BCUT2D eigenvalue weighted by atomic mass is 10.1. The number of carbonyl (C=O) groups is 2. The SMILES string of the molecule is CC[C@H](C(=O)NC(C)(C)C)N(CCc1ccccc1)C(=O)CN(c1cc(C)ccc1C)S(C)(=O)=O. The maximum Gasteiger partial charge on any atom is 0.244 e. The van der Waals surface area contributed by atoms with Gasteiger partial charge in [-0.15, -0.1) is 0 Å². The van der Waals surface area contributed by atoms with Crippen LogP contribution in [0.1, 0.15) is 50.8 Å². The molecule has 8 heteroatoms. The Labute approximate surface area is 210 Å². The number of aryl methyl sites for hydroxylation is 2. The molecular formula is C27H39N3O4S. The van der Waals surface area contributed by atoms with Crippen molar-refractivity contribution in [2.45, 2.75) is 66.0 Å². The van der Waals surface area contributed by atoms with Crippen molar-refractivity contribution >= 4 is 27.5 Å². The lowest BCUT2D eigenvalue weighted by Gasteiger charge is -2.34. The van der Waals surface area contributed by atoms with Crippen molar-refractivity contribution in [2.75, 3.05) is 23.7 Å². The van der Waals surface area contributed by atoms with Gasteiger partial charge in [0.2, 0.25) is 21.8 Å². The molecule has 0 saturated carbocycles. The van der Waals surface area contributed by atoms with Gasteiger partial charge in [0.1, 0.15) is 12.6 Å². The molecule has 2 aromatic rings. The highest BCUT2D eigenvalue weighted by Crippen LogP contribution is 2.24. The summed E-state index contributed by atoms with van der Waals surface area (Å²) in [7, 11) is -3.75. The molecule has 7 nitrogen and oxygen atoms in total. The zero-order valence-electron chi connectivity index (χ0n) is 22.0. The van der Waals surface area contributed by atoms with Crippen molar-refractivity contribution in [3.8, 4) is 0 Å². The van der Waals surface area contributed by atoms with Crippen LogP contribution in [0.25, 0.3) is 0 Å². The molecule has 35 heavy (non-hydrogen) atoms. The first-order chi connectivity index (χ1) is 16.2. The van der Waals surface area contributed by atoms with E-state index in [9.17, 15) is 18.0 Å². The first-order valence-corrected chi connectivity index (χ1v) is 13.8. The summed E-state index contributed by atoms with van der Waals surface area (Å²) in [4.78, 5) is 28.4. The van der Waals surface area contributed by atoms with Crippen LogP contribution in [0.3, 0.4) is 0 Å². The van der Waals surface area contributed by atoms with Crippen LogP contribution in [0, 0.1) is 13.8 Å². The molecule has 0 heterocycles. The van der Waals surface area contributed by atoms with Gasteiger partial charge in [-0.25, -0.2) is 8.42 Å². The van der Waals surface area contributed by atoms with Crippen LogP contribution in [-0.4, -0.2) is 56.1 Å². The second kappa shape index (κ2) is 11.7. The van der Waals surface area contributed by atoms with Gasteiger partial charge in [0.05, 0.1) is 11.9 Å². The standard InChI is InChI=1S/C27H39N3O4S/c1-8-23(26(32)28-27(4,5)6)29(17-16-22-12-10-9-11-13-22)25(31)19-30(35(7,33)34)24-18-20(2)14-15-21(24)3/h9-15,18,23H,8,16-17,19H2,1-7H3,(H,28,32)/t23-/m1/s1. The second-order valence-electron chi connectivity index (χ2n) is 10.0. The number of hydrogen-bond acceptors (Lipinski definition) is 4. The van der Waals surface area contributed by atoms with Crippen LogP contribution in [-0.2, 0) is 26.0 Å². The van der Waals surface area contributed by atoms with E-state index in [1.54, 1.807) is 6.07 Å². The summed E-state index contributed by atoms with van der Waals surface area (Å²) in [5, 5.41) is 2.97. The van der Waals surface area contributed by atoms with E-state index in [1.807, 2.05) is 84.0 Å². The highest BCUT2D eigenvalue weighted by Gasteiger charge is 2.33. The number of carbonyl (C=O) groups excluding carboxylic acids is 2. The minimum atomic E-state index is -3.75. The summed E-state index contributed by atoms with van der Waals surface area (Å²) in [6.45, 7) is 11.1. The van der Waals surface area contributed by atoms with Crippen LogP contribution in [0.2, 0.25) is 0 Å². The fourth-order valence-corrected chi connectivity index (χ4v) is 4.83. The van der Waals surface area contributed by atoms with Crippen LogP contribution in [0.5, 0.6) is 0 Å². The van der Waals surface area contributed by atoms with E-state index in [0.717, 1.165) is 27.3 Å². The molecule has 0 radical (unpaired) electrons. The zero-order chi connectivity index (χ0) is 26.4. The molecule has 1 atom stereocenters. The Balaban J connectivity index is 2.42. The van der Waals surface area contributed by atoms with E-state index < -0.39 is 27.5 Å². The largest absolute Gasteiger partial charge is 0.350 e. The quantitative estimate of drug-likeness (QED) is 0.536. The molecule has 0 aliphatic rings. The van der Waals surface area contributed by atoms with E-state index in [-0.39, 0.29) is 12.5 Å². The Morgan fingerprint density at radius 2 is 1.66 bits per heavy atom. The number of sulfonamides is 1. The smallest absolute Gasteiger partial charge is 0.244 e. The Bertz CT molecular complexity index is 1120. The third-order valence-electron chi connectivity index (χ3n) is 5.68. The molecule has 0 aromatic heterocycles. The van der Waals surface area contributed by atoms with Crippen molar-refractivity contribution in [3.05, 3.63) is 65.2 Å². The van der Waals surface area contributed by atoms with Gasteiger partial charge in [-0.2, -0.15) is 0 Å². The predicted octanol–water partition coefficient (Wildman–Crippen LogP) is 3.83. The van der Waals surface area contributed by atoms with Crippen molar-refractivity contribution in [1.29, 1.82) is 0 Å². The topological polar surface area (TPSA) is 86.8 Å². The molecule has 0 spiro atoms. The average Bonchev–Trinajstić information content (AvgIpc) is 2.75. The van der Waals surface area contributed by atoms with E-state index in [1.165, 1.54) is 4.90 Å². The molecule has 0 aliphatic carbocycles. The van der Waals surface area contributed by atoms with Gasteiger partial charge in [0.15, 0.2) is 0 Å². The molecule has 2 rings (SSSR count). The van der Waals surface area contributed by atoms with Crippen molar-refractivity contribution in [3.63, 3.8) is 0 Å². The third kappa shape index (κ3) is 8.38. The molecule has 0 bridgehead atoms. The van der Waals surface area contributed by atoms with Gasteiger partial charge in [0, 0.05) is 12.1 Å². The maximum absolute atomic E-state index is 13.7. The highest BCUT2D eigenvalue weighted by atomic mass is 32.2. The van der Waals surface area contributed by atoms with E-state index >= 15 is 0 Å². The number of anilines is 1. The van der Waals surface area contributed by atoms with Crippen molar-refractivity contribution < 1.29 is 18.0 Å². The Morgan fingerprint density at radius 1 is 1.03 bits per heavy atom. The van der Waals surface area contributed by atoms with Crippen LogP contribution >= 0.6 is 0 Å². The lowest BCUT2D eigenvalue weighted by Crippen LogP contribution is -2.56. The van der Waals surface area contributed by atoms with Gasteiger partial charge < -0.3 is 10.2 Å². The fourth-order valence-electron chi connectivity index (χ4n) is 3.93. The van der Waals surface area contributed by atoms with E-state index in [0.29, 0.717) is 25.1 Å². The van der Waals surface area contributed by atoms with E-state index in [4.69, 9.17) is 0 Å². The first-order valence-electron chi connectivity index (χ1n) is 11.9. The van der Waals surface area contributed by atoms with Gasteiger partial charge in [0.25, 0.3) is 0 Å². The molecular weight excluding hydrogens is 462 g/mol. The maximum atomic E-state index is 13.7. The van der Waals surface area contributed by atoms with Crippen molar-refractivity contribution in [1.82, 2.24) is 10.2 Å². The van der Waals surface area contributed by atoms with E-state index in [2.05, 4.69) is 5.32 Å². The van der Waals surface area contributed by atoms with Crippen LogP contribution in [0.15, 0.2) is 48.5 Å². The monoisotopic (exact) mass is 501 g/mol. The van der Waals surface area contributed by atoms with Gasteiger partial charge in [-0.05, 0) is 70.2 Å². The molecule has 2 amide bonds. The molecule has 192 valence electrons. The first kappa shape index (κ1) is 28.4. The number of rotatable bonds is 10. The minimum Gasteiger partial charge on any atom is -0.350 e. The molecule has 0 fully saturated rings. The Hall–Kier alpha value is -2.87. The average molecular weight is 502 g/mol. The fraction of sp³-hybridized carbons (Fsp3) is 0.481. The number of benzene rings is 2. The predicted molar refractivity (Wildman–Crippen MR) is 142 cm³/mol. The third-order valence-corrected chi connectivity index (χ3v) is 6.81. The van der Waals surface area contributed by atoms with Crippen LogP contribution < -0.4 is 9.62 Å². The van der Waals surface area contributed by atoms with Gasteiger partial charge in [-0.3, -0.25) is 13.9 Å². The molecule has 1 N–H and O–H groups in total. The summed E-state index contributed by atoms with van der Waals surface area (Å²) in [5.41, 5.74) is 2.68. The Morgan fingerprint density at radius 3 is 2.20 bits per heavy atom. The Kier molecular flexibility index (Phi) is 9.49. The highest BCUT2D eigenvalue weighted by molar-refractivity contribution is 7.92. The number of nitrogens with zero attached hydrogens (tertiary/aromatic N) is 2. The molecule has 0 unspecified atom stereocenters. The lowest BCUT2D eigenvalue weighted by molar-refractivity contribution is -0.140. The molecule has 2 aromatic carbocycles. The summed E-state index contributed by atoms with van der Waals surface area (Å²) >= 11 is 0. The molecule has 0 aliphatic heterocycles. The zero-order valence-corrected chi connectivity index (χ0v) is 22.8. The summed E-state index contributed by atoms with van der Waals surface area (Å²) < 4.78 is 26.7. The van der Waals surface area contributed by atoms with Gasteiger partial charge >= 0.3 is 0 Å². The number of nitrogens with one attached hydrogen (secondary N) is 1. The number of amides is 2. The minimum absolute atomic E-state index is 0.251. The molecule has 0 saturated heterocycles. The second-order valence-corrected chi connectivity index (χ2v) is 12.0. The summed E-state index contributed by atoms with van der Waals surface area (Å²) in [6.07, 6.45) is 2.05. The van der Waals surface area contributed by atoms with Crippen LogP contribution in [0.4, 0.5) is 5.69 Å². The summed E-state index contributed by atoms with van der Waals surface area (Å²) in [6, 6.07) is 14.5. The summed E-state index contributed by atoms with van der Waals surface area (Å²) in [5.74, 6) is -0.665. The van der Waals surface area contributed by atoms with Crippen molar-refractivity contribution in [2.24, 2.45) is 0 Å². The number of hydrogen-bond donors (Lipinski definition) is 1. The van der Waals surface area contributed by atoms with Gasteiger partial charge in [-0.1, -0.05) is 49.4 Å². The normalized spacial score (nSPS) is 12.7.